The Morgan fingerprint density at radius 1 is 1.38 bits per heavy atom. The molecule has 114 valence electrons. The lowest BCUT2D eigenvalue weighted by molar-refractivity contribution is -0.384. The normalized spacial score (nSPS) is 11.5. The van der Waals surface area contributed by atoms with Gasteiger partial charge in [-0.15, -0.1) is 0 Å². The van der Waals surface area contributed by atoms with Crippen LogP contribution in [-0.2, 0) is 9.59 Å². The zero-order valence-electron chi connectivity index (χ0n) is 11.7. The van der Waals surface area contributed by atoms with Crippen LogP contribution < -0.4 is 4.74 Å². The molecule has 1 aromatic carbocycles. The Balaban J connectivity index is 2.48. The molecule has 1 aromatic rings. The number of aliphatic carboxylic acids is 1. The molecule has 0 spiro atoms. The van der Waals surface area contributed by atoms with Crippen LogP contribution in [0.1, 0.15) is 6.92 Å². The summed E-state index contributed by atoms with van der Waals surface area (Å²) in [6.45, 7) is 1.32. The fourth-order valence-corrected chi connectivity index (χ4v) is 1.51. The summed E-state index contributed by atoms with van der Waals surface area (Å²) in [7, 11) is 1.49. The van der Waals surface area contributed by atoms with Crippen molar-refractivity contribution in [3.8, 4) is 5.75 Å². The van der Waals surface area contributed by atoms with Gasteiger partial charge in [-0.1, -0.05) is 6.92 Å². The van der Waals surface area contributed by atoms with Crippen molar-refractivity contribution in [2.75, 3.05) is 20.2 Å². The first kappa shape index (κ1) is 16.4. The molecule has 1 N–H and O–H groups in total. The SMILES string of the molecule is CC(CN(C)C(=O)COc1ccc([N+](=O)[O-])cc1)C(=O)O. The Kier molecular flexibility index (Phi) is 5.65. The number of carboxylic acid groups (broad SMARTS) is 1. The largest absolute Gasteiger partial charge is 0.484 e. The lowest BCUT2D eigenvalue weighted by Crippen LogP contribution is -2.36. The third-order valence-electron chi connectivity index (χ3n) is 2.80. The number of non-ortho nitro benzene ring substituents is 1. The van der Waals surface area contributed by atoms with E-state index in [9.17, 15) is 19.7 Å². The van der Waals surface area contributed by atoms with Gasteiger partial charge in [-0.2, -0.15) is 0 Å². The molecule has 0 saturated carbocycles. The zero-order chi connectivity index (χ0) is 16.0. The Bertz CT molecular complexity index is 528. The van der Waals surface area contributed by atoms with Gasteiger partial charge in [0, 0.05) is 25.7 Å². The fraction of sp³-hybridized carbons (Fsp3) is 0.385. The minimum absolute atomic E-state index is 0.0684. The predicted molar refractivity (Wildman–Crippen MR) is 73.0 cm³/mol. The van der Waals surface area contributed by atoms with Gasteiger partial charge in [-0.3, -0.25) is 19.7 Å². The number of carbonyl (C=O) groups is 2. The minimum atomic E-state index is -0.981. The van der Waals surface area contributed by atoms with Gasteiger partial charge in [0.25, 0.3) is 11.6 Å². The summed E-state index contributed by atoms with van der Waals surface area (Å²) < 4.78 is 5.20. The van der Waals surface area contributed by atoms with Gasteiger partial charge < -0.3 is 14.7 Å². The molecule has 8 heteroatoms. The standard InChI is InChI=1S/C13H16N2O6/c1-9(13(17)18)7-14(2)12(16)8-21-11-5-3-10(4-6-11)15(19)20/h3-6,9H,7-8H2,1-2H3,(H,17,18). The molecule has 0 aliphatic carbocycles. The first-order valence-corrected chi connectivity index (χ1v) is 6.15. The summed E-state index contributed by atoms with van der Waals surface area (Å²) in [6, 6.07) is 5.34. The smallest absolute Gasteiger partial charge is 0.308 e. The van der Waals surface area contributed by atoms with E-state index >= 15 is 0 Å². The summed E-state index contributed by atoms with van der Waals surface area (Å²) in [6.07, 6.45) is 0. The molecule has 0 aliphatic rings. The van der Waals surface area contributed by atoms with Crippen LogP contribution in [0.3, 0.4) is 0 Å². The average Bonchev–Trinajstić information content (AvgIpc) is 2.44. The maximum absolute atomic E-state index is 11.7. The van der Waals surface area contributed by atoms with Crippen LogP contribution >= 0.6 is 0 Å². The van der Waals surface area contributed by atoms with E-state index in [2.05, 4.69) is 0 Å². The molecular formula is C13H16N2O6. The number of carboxylic acids is 1. The average molecular weight is 296 g/mol. The van der Waals surface area contributed by atoms with E-state index in [1.807, 2.05) is 0 Å². The molecular weight excluding hydrogens is 280 g/mol. The molecule has 1 atom stereocenters. The van der Waals surface area contributed by atoms with E-state index in [0.717, 1.165) is 0 Å². The van der Waals surface area contributed by atoms with Gasteiger partial charge >= 0.3 is 5.97 Å². The van der Waals surface area contributed by atoms with E-state index in [1.165, 1.54) is 43.1 Å². The molecule has 0 saturated heterocycles. The zero-order valence-corrected chi connectivity index (χ0v) is 11.7. The van der Waals surface area contributed by atoms with E-state index in [1.54, 1.807) is 0 Å². The van der Waals surface area contributed by atoms with Gasteiger partial charge in [-0.25, -0.2) is 0 Å². The predicted octanol–water partition coefficient (Wildman–Crippen LogP) is 1.15. The van der Waals surface area contributed by atoms with Gasteiger partial charge in [0.15, 0.2) is 6.61 Å². The molecule has 0 radical (unpaired) electrons. The lowest BCUT2D eigenvalue weighted by atomic mass is 10.2. The van der Waals surface area contributed by atoms with Crippen molar-refractivity contribution < 1.29 is 24.4 Å². The van der Waals surface area contributed by atoms with Crippen LogP contribution in [0.4, 0.5) is 5.69 Å². The number of benzene rings is 1. The number of nitrogens with zero attached hydrogens (tertiary/aromatic N) is 2. The number of hydrogen-bond donors (Lipinski definition) is 1. The summed E-state index contributed by atoms with van der Waals surface area (Å²) >= 11 is 0. The van der Waals surface area contributed by atoms with E-state index in [0.29, 0.717) is 5.75 Å². The third kappa shape index (κ3) is 5.09. The highest BCUT2D eigenvalue weighted by atomic mass is 16.6. The summed E-state index contributed by atoms with van der Waals surface area (Å²) in [5, 5.41) is 19.2. The molecule has 0 heterocycles. The van der Waals surface area contributed by atoms with Gasteiger partial charge in [-0.05, 0) is 12.1 Å². The number of amides is 1. The van der Waals surface area contributed by atoms with Crippen molar-refractivity contribution in [3.63, 3.8) is 0 Å². The Morgan fingerprint density at radius 3 is 2.43 bits per heavy atom. The lowest BCUT2D eigenvalue weighted by Gasteiger charge is -2.19. The Hall–Kier alpha value is -2.64. The van der Waals surface area contributed by atoms with Crippen LogP contribution in [0.2, 0.25) is 0 Å². The Labute approximate surface area is 121 Å². The summed E-state index contributed by atoms with van der Waals surface area (Å²) in [5.41, 5.74) is -0.0684. The summed E-state index contributed by atoms with van der Waals surface area (Å²) in [4.78, 5) is 33.7. The van der Waals surface area contributed by atoms with Gasteiger partial charge in [0.05, 0.1) is 10.8 Å². The first-order chi connectivity index (χ1) is 9.81. The number of carbonyl (C=O) groups excluding carboxylic acids is 1. The van der Waals surface area contributed by atoms with Crippen molar-refractivity contribution in [3.05, 3.63) is 34.4 Å². The van der Waals surface area contributed by atoms with Crippen LogP contribution in [0.5, 0.6) is 5.75 Å². The number of nitro benzene ring substituents is 1. The summed E-state index contributed by atoms with van der Waals surface area (Å²) in [5.74, 6) is -1.70. The molecule has 1 amide bonds. The highest BCUT2D eigenvalue weighted by Gasteiger charge is 2.17. The highest BCUT2D eigenvalue weighted by Crippen LogP contribution is 2.17. The van der Waals surface area contributed by atoms with E-state index in [-0.39, 0.29) is 24.7 Å². The molecule has 1 unspecified atom stereocenters. The molecule has 0 aromatic heterocycles. The molecule has 21 heavy (non-hydrogen) atoms. The van der Waals surface area contributed by atoms with Crippen LogP contribution in [0.15, 0.2) is 24.3 Å². The minimum Gasteiger partial charge on any atom is -0.484 e. The quantitative estimate of drug-likeness (QED) is 0.597. The van der Waals surface area contributed by atoms with Gasteiger partial charge in [0.2, 0.25) is 0 Å². The van der Waals surface area contributed by atoms with Crippen molar-refractivity contribution in [2.45, 2.75) is 6.92 Å². The van der Waals surface area contributed by atoms with Crippen LogP contribution in [0, 0.1) is 16.0 Å². The first-order valence-electron chi connectivity index (χ1n) is 6.15. The van der Waals surface area contributed by atoms with Gasteiger partial charge in [0.1, 0.15) is 5.75 Å². The van der Waals surface area contributed by atoms with Crippen molar-refractivity contribution in [2.24, 2.45) is 5.92 Å². The van der Waals surface area contributed by atoms with E-state index in [4.69, 9.17) is 9.84 Å². The molecule has 8 nitrogen and oxygen atoms in total. The highest BCUT2D eigenvalue weighted by molar-refractivity contribution is 5.78. The number of ether oxygens (including phenoxy) is 1. The molecule has 0 fully saturated rings. The number of hydrogen-bond acceptors (Lipinski definition) is 5. The number of likely N-dealkylation sites (N-methyl/N-ethyl adjacent to an activating group) is 1. The second kappa shape index (κ2) is 7.22. The maximum Gasteiger partial charge on any atom is 0.308 e. The topological polar surface area (TPSA) is 110 Å². The molecule has 0 aliphatic heterocycles. The second-order valence-electron chi connectivity index (χ2n) is 4.55. The fourth-order valence-electron chi connectivity index (χ4n) is 1.51. The third-order valence-corrected chi connectivity index (χ3v) is 2.80. The monoisotopic (exact) mass is 296 g/mol. The van der Waals surface area contributed by atoms with E-state index < -0.39 is 16.8 Å². The molecule has 0 bridgehead atoms. The molecule has 1 rings (SSSR count). The van der Waals surface area contributed by atoms with Crippen molar-refractivity contribution >= 4 is 17.6 Å². The van der Waals surface area contributed by atoms with Crippen LogP contribution in [0.25, 0.3) is 0 Å². The number of rotatable bonds is 7. The second-order valence-corrected chi connectivity index (χ2v) is 4.55. The Morgan fingerprint density at radius 2 is 1.95 bits per heavy atom. The van der Waals surface area contributed by atoms with Crippen molar-refractivity contribution in [1.29, 1.82) is 0 Å². The van der Waals surface area contributed by atoms with Crippen molar-refractivity contribution in [1.82, 2.24) is 4.90 Å². The number of nitro groups is 1. The van der Waals surface area contributed by atoms with Crippen LogP contribution in [-0.4, -0.2) is 47.0 Å². The maximum atomic E-state index is 11.7.